The summed E-state index contributed by atoms with van der Waals surface area (Å²) in [6.07, 6.45) is 1.60. The van der Waals surface area contributed by atoms with E-state index in [-0.39, 0.29) is 51.8 Å². The minimum atomic E-state index is -1.19. The fourth-order valence-electron chi connectivity index (χ4n) is 3.08. The molecule has 2 aliphatic rings. The predicted molar refractivity (Wildman–Crippen MR) is 128 cm³/mol. The van der Waals surface area contributed by atoms with Crippen molar-refractivity contribution in [2.24, 2.45) is 5.16 Å². The number of aliphatic carboxylic acids is 1. The van der Waals surface area contributed by atoms with Gasteiger partial charge in [-0.2, -0.15) is 0 Å². The third-order valence-electron chi connectivity index (χ3n) is 4.43. The second kappa shape index (κ2) is 11.2. The molecule has 0 radical (unpaired) electrons. The van der Waals surface area contributed by atoms with Gasteiger partial charge in [0.25, 0.3) is 11.8 Å². The summed E-state index contributed by atoms with van der Waals surface area (Å²) >= 11 is 5.14. The number of aromatic nitrogens is 3. The Kier molecular flexibility index (Phi) is 8.76. The van der Waals surface area contributed by atoms with Gasteiger partial charge in [-0.05, 0) is 17.1 Å². The molecular weight excluding hydrogens is 521 g/mol. The average molecular weight is 538 g/mol. The Labute approximate surface area is 225 Å². The maximum atomic E-state index is 12.8. The van der Waals surface area contributed by atoms with Gasteiger partial charge in [0.05, 0.1) is 6.20 Å². The van der Waals surface area contributed by atoms with Gasteiger partial charge in [0.1, 0.15) is 34.1 Å². The van der Waals surface area contributed by atoms with E-state index in [0.717, 1.165) is 15.5 Å². The number of nitrogen functional groups attached to an aromatic ring is 1. The number of amides is 2. The molecule has 0 aliphatic carbocycles. The summed E-state index contributed by atoms with van der Waals surface area (Å²) in [4.78, 5) is 47.5. The quantitative estimate of drug-likeness (QED) is 0.134. The third-order valence-corrected chi connectivity index (χ3v) is 8.36. The van der Waals surface area contributed by atoms with E-state index in [9.17, 15) is 19.5 Å². The van der Waals surface area contributed by atoms with Gasteiger partial charge >= 0.3 is 35.5 Å². The number of carboxylic acid groups (broad SMARTS) is 1. The Morgan fingerprint density at radius 2 is 2.27 bits per heavy atom. The van der Waals surface area contributed by atoms with Crippen molar-refractivity contribution in [3.63, 3.8) is 0 Å². The maximum absolute atomic E-state index is 12.8. The number of carbonyl (C=O) groups excluding carboxylic acids is 2. The first-order valence-corrected chi connectivity index (χ1v) is 12.5. The molecule has 4 rings (SSSR count). The first kappa shape index (κ1) is 25.9. The first-order chi connectivity index (χ1) is 15.4. The van der Waals surface area contributed by atoms with Gasteiger partial charge in [-0.15, -0.1) is 40.0 Å². The van der Waals surface area contributed by atoms with Crippen molar-refractivity contribution < 1.29 is 24.3 Å². The zero-order chi connectivity index (χ0) is 22.8. The second-order valence-corrected chi connectivity index (χ2v) is 10.4. The summed E-state index contributed by atoms with van der Waals surface area (Å²) in [6, 6.07) is -0.903. The zero-order valence-corrected chi connectivity index (χ0v) is 19.5. The van der Waals surface area contributed by atoms with E-state index < -0.39 is 29.2 Å². The molecule has 2 aromatic rings. The number of carboxylic acids is 1. The number of carbonyl (C=O) groups is 3. The SMILES string of the molecule is CO/N=C(/C(=O)N[C@@H]1C(=O)N2C(C(=O)O)=C(CSc3cnns3)CS[C@H]12)c1csc(N)n1.[NaH]. The molecule has 2 aliphatic heterocycles. The van der Waals surface area contributed by atoms with Crippen LogP contribution in [-0.2, 0) is 19.2 Å². The average Bonchev–Trinajstić information content (AvgIpc) is 3.45. The van der Waals surface area contributed by atoms with E-state index >= 15 is 0 Å². The van der Waals surface area contributed by atoms with E-state index in [1.54, 1.807) is 11.6 Å². The molecule has 0 spiro atoms. The molecule has 4 heterocycles. The number of hydrogen-bond donors (Lipinski definition) is 3. The molecule has 0 aromatic carbocycles. The number of nitrogens with one attached hydrogen (secondary N) is 1. The van der Waals surface area contributed by atoms with Gasteiger partial charge < -0.3 is 21.0 Å². The van der Waals surface area contributed by atoms with Crippen molar-refractivity contribution in [2.45, 2.75) is 15.6 Å². The monoisotopic (exact) mass is 537 g/mol. The summed E-state index contributed by atoms with van der Waals surface area (Å²) in [7, 11) is 1.28. The number of nitrogens with zero attached hydrogens (tertiary/aromatic N) is 5. The molecule has 4 N–H and O–H groups in total. The molecular formula is C16H16N7NaO5S4. The molecule has 0 bridgehead atoms. The molecule has 2 aromatic heterocycles. The molecule has 33 heavy (non-hydrogen) atoms. The predicted octanol–water partition coefficient (Wildman–Crippen LogP) is -0.190. The molecule has 2 amide bonds. The Morgan fingerprint density at radius 3 is 2.88 bits per heavy atom. The van der Waals surface area contributed by atoms with Crippen molar-refractivity contribution in [1.29, 1.82) is 0 Å². The number of hydrogen-bond acceptors (Lipinski definition) is 13. The molecule has 1 fully saturated rings. The normalized spacial score (nSPS) is 20.0. The molecule has 1 saturated heterocycles. The van der Waals surface area contributed by atoms with Crippen molar-refractivity contribution >= 4 is 105 Å². The molecule has 170 valence electrons. The topological polar surface area (TPSA) is 173 Å². The number of thiazole rings is 1. The van der Waals surface area contributed by atoms with Gasteiger partial charge in [0.2, 0.25) is 0 Å². The standard InChI is InChI=1S/C16H15N7O5S4.Na.H/c1-28-21-9(7-5-31-16(17)19-7)12(24)20-10-13(25)23-11(15(26)27)6(4-30-14(10)23)3-29-8-2-18-22-32-8;;/h2,5,10,14H,3-4H2,1H3,(H2,17,19)(H,20,24)(H,26,27);;/b21-9+;;/t10-,14-;;/m1../s1. The van der Waals surface area contributed by atoms with Crippen LogP contribution in [0.5, 0.6) is 0 Å². The van der Waals surface area contributed by atoms with Gasteiger partial charge in [0, 0.05) is 16.9 Å². The van der Waals surface area contributed by atoms with E-state index in [4.69, 9.17) is 10.6 Å². The van der Waals surface area contributed by atoms with Crippen molar-refractivity contribution in [2.75, 3.05) is 24.3 Å². The van der Waals surface area contributed by atoms with E-state index in [1.165, 1.54) is 47.1 Å². The van der Waals surface area contributed by atoms with E-state index in [2.05, 4.69) is 25.0 Å². The molecule has 0 unspecified atom stereocenters. The Hall–Kier alpha value is -1.69. The molecule has 17 heteroatoms. The second-order valence-electron chi connectivity index (χ2n) is 6.34. The number of oxime groups is 1. The van der Waals surface area contributed by atoms with Crippen LogP contribution in [0.3, 0.4) is 0 Å². The van der Waals surface area contributed by atoms with Crippen LogP contribution in [0.2, 0.25) is 0 Å². The van der Waals surface area contributed by atoms with Crippen LogP contribution in [0.15, 0.2) is 32.2 Å². The van der Waals surface area contributed by atoms with E-state index in [1.807, 2.05) is 0 Å². The van der Waals surface area contributed by atoms with Crippen molar-refractivity contribution in [3.05, 3.63) is 28.5 Å². The summed E-state index contributed by atoms with van der Waals surface area (Å²) in [5.74, 6) is -1.57. The molecule has 2 atom stereocenters. The van der Waals surface area contributed by atoms with Crippen LogP contribution >= 0.6 is 46.4 Å². The minimum absolute atomic E-state index is 0. The number of rotatable bonds is 8. The van der Waals surface area contributed by atoms with Crippen LogP contribution in [0.4, 0.5) is 5.13 Å². The zero-order valence-electron chi connectivity index (χ0n) is 16.3. The van der Waals surface area contributed by atoms with Crippen LogP contribution in [-0.4, -0.2) is 108 Å². The first-order valence-electron chi connectivity index (χ1n) is 8.84. The van der Waals surface area contributed by atoms with E-state index in [0.29, 0.717) is 17.1 Å². The van der Waals surface area contributed by atoms with Crippen LogP contribution in [0, 0.1) is 0 Å². The van der Waals surface area contributed by atoms with Crippen LogP contribution < -0.4 is 11.1 Å². The Balaban J connectivity index is 0.00000306. The van der Waals surface area contributed by atoms with Crippen molar-refractivity contribution in [3.8, 4) is 0 Å². The number of anilines is 1. The number of β-lactam (4-membered cyclic amide) rings is 1. The summed E-state index contributed by atoms with van der Waals surface area (Å²) in [6.45, 7) is 0. The molecule has 0 saturated carbocycles. The van der Waals surface area contributed by atoms with Gasteiger partial charge in [-0.1, -0.05) is 9.64 Å². The number of nitrogens with two attached hydrogens (primary N) is 1. The van der Waals surface area contributed by atoms with Gasteiger partial charge in [-0.3, -0.25) is 14.5 Å². The molecule has 12 nitrogen and oxygen atoms in total. The summed E-state index contributed by atoms with van der Waals surface area (Å²) in [5, 5.41) is 21.1. The van der Waals surface area contributed by atoms with Gasteiger partial charge in [0.15, 0.2) is 10.8 Å². The van der Waals surface area contributed by atoms with Crippen LogP contribution in [0.1, 0.15) is 5.69 Å². The fraction of sp³-hybridized carbons (Fsp3) is 0.312. The fourth-order valence-corrected chi connectivity index (χ4v) is 6.53. The Morgan fingerprint density at radius 1 is 1.48 bits per heavy atom. The third kappa shape index (κ3) is 5.36. The Bertz CT molecular complexity index is 1120. The number of fused-ring (bicyclic) bond motifs is 1. The van der Waals surface area contributed by atoms with Gasteiger partial charge in [-0.25, -0.2) is 9.78 Å². The summed E-state index contributed by atoms with van der Waals surface area (Å²) < 4.78 is 4.63. The number of thioether (sulfide) groups is 2. The van der Waals surface area contributed by atoms with Crippen molar-refractivity contribution in [1.82, 2.24) is 24.8 Å². The van der Waals surface area contributed by atoms with Crippen LogP contribution in [0.25, 0.3) is 0 Å². The summed E-state index contributed by atoms with van der Waals surface area (Å²) in [5.41, 5.74) is 6.28.